The lowest BCUT2D eigenvalue weighted by Crippen LogP contribution is -2.42. The normalized spacial score (nSPS) is 9.74. The van der Waals surface area contributed by atoms with Crippen LogP contribution in [0.25, 0.3) is 0 Å². The van der Waals surface area contributed by atoms with Crippen LogP contribution in [0.1, 0.15) is 9.88 Å². The van der Waals surface area contributed by atoms with Crippen LogP contribution in [-0.4, -0.2) is 41.1 Å². The Kier molecular flexibility index (Phi) is 5.73. The minimum atomic E-state index is -1.14. The summed E-state index contributed by atoms with van der Waals surface area (Å²) in [6.45, 7) is 1.44. The lowest BCUT2D eigenvalue weighted by molar-refractivity contribution is -0.137. The van der Waals surface area contributed by atoms with E-state index in [1.807, 2.05) is 6.92 Å². The zero-order chi connectivity index (χ0) is 14.3. The number of amides is 3. The summed E-state index contributed by atoms with van der Waals surface area (Å²) < 4.78 is 0. The first-order valence-electron chi connectivity index (χ1n) is 5.39. The molecule has 19 heavy (non-hydrogen) atoms. The maximum absolute atomic E-state index is 11.3. The number of hydrogen-bond acceptors (Lipinski definition) is 5. The van der Waals surface area contributed by atoms with Gasteiger partial charge in [-0.1, -0.05) is 0 Å². The molecule has 104 valence electrons. The average Bonchev–Trinajstić information content (AvgIpc) is 2.77. The first-order valence-corrected chi connectivity index (χ1v) is 6.20. The molecule has 0 unspecified atom stereocenters. The van der Waals surface area contributed by atoms with E-state index in [1.54, 1.807) is 6.20 Å². The Balaban J connectivity index is 2.17. The maximum Gasteiger partial charge on any atom is 0.322 e. The van der Waals surface area contributed by atoms with Crippen LogP contribution in [0.4, 0.5) is 4.79 Å². The van der Waals surface area contributed by atoms with Crippen molar-refractivity contribution in [2.24, 2.45) is 0 Å². The van der Waals surface area contributed by atoms with Gasteiger partial charge in [0, 0.05) is 11.1 Å². The number of nitrogens with zero attached hydrogens (tertiary/aromatic N) is 1. The molecule has 0 bridgehead atoms. The van der Waals surface area contributed by atoms with Gasteiger partial charge in [-0.3, -0.25) is 9.59 Å². The summed E-state index contributed by atoms with van der Waals surface area (Å²) in [5.41, 5.74) is 0. The van der Waals surface area contributed by atoms with Crippen molar-refractivity contribution < 1.29 is 19.5 Å². The number of carbonyl (C=O) groups is 3. The third kappa shape index (κ3) is 6.36. The molecule has 0 radical (unpaired) electrons. The van der Waals surface area contributed by atoms with Gasteiger partial charge in [0.15, 0.2) is 0 Å². The summed E-state index contributed by atoms with van der Waals surface area (Å²) in [5, 5.41) is 16.1. The van der Waals surface area contributed by atoms with Gasteiger partial charge in [0.1, 0.15) is 11.6 Å². The second-order valence-corrected chi connectivity index (χ2v) is 4.89. The molecule has 0 aromatic carbocycles. The lowest BCUT2D eigenvalue weighted by atomic mass is 10.5. The van der Waals surface area contributed by atoms with Gasteiger partial charge in [-0.15, -0.1) is 11.3 Å². The molecule has 0 fully saturated rings. The average molecular weight is 286 g/mol. The summed E-state index contributed by atoms with van der Waals surface area (Å²) in [4.78, 5) is 37.7. The van der Waals surface area contributed by atoms with Crippen LogP contribution >= 0.6 is 11.3 Å². The molecule has 1 heterocycles. The molecule has 0 atom stereocenters. The van der Waals surface area contributed by atoms with Crippen molar-refractivity contribution in [3.8, 4) is 0 Å². The van der Waals surface area contributed by atoms with Crippen LogP contribution in [0, 0.1) is 6.92 Å². The topological polar surface area (TPSA) is 120 Å². The van der Waals surface area contributed by atoms with Crippen LogP contribution in [-0.2, 0) is 16.1 Å². The van der Waals surface area contributed by atoms with Gasteiger partial charge in [0.2, 0.25) is 5.91 Å². The SMILES string of the molecule is Cc1cnc(CNC(=O)NCC(=O)NCC(=O)O)s1. The Labute approximate surface area is 113 Å². The monoisotopic (exact) mass is 286 g/mol. The van der Waals surface area contributed by atoms with E-state index < -0.39 is 24.5 Å². The molecule has 3 amide bonds. The van der Waals surface area contributed by atoms with Crippen LogP contribution in [0.5, 0.6) is 0 Å². The standard InChI is InChI=1S/C10H14N4O4S/c1-6-2-12-8(19-6)4-14-10(18)13-3-7(15)11-5-9(16)17/h2H,3-5H2,1H3,(H,11,15)(H,16,17)(H2,13,14,18). The van der Waals surface area contributed by atoms with Gasteiger partial charge in [-0.25, -0.2) is 9.78 Å². The number of aryl methyl sites for hydroxylation is 1. The fraction of sp³-hybridized carbons (Fsp3) is 0.400. The van der Waals surface area contributed by atoms with E-state index in [4.69, 9.17) is 5.11 Å². The third-order valence-electron chi connectivity index (χ3n) is 1.92. The predicted octanol–water partition coefficient (Wildman–Crippen LogP) is -0.548. The number of aromatic nitrogens is 1. The molecule has 4 N–H and O–H groups in total. The fourth-order valence-electron chi connectivity index (χ4n) is 1.10. The van der Waals surface area contributed by atoms with Crippen LogP contribution in [0.2, 0.25) is 0 Å². The van der Waals surface area contributed by atoms with E-state index >= 15 is 0 Å². The molecule has 0 aliphatic heterocycles. The van der Waals surface area contributed by atoms with Crippen molar-refractivity contribution in [2.45, 2.75) is 13.5 Å². The highest BCUT2D eigenvalue weighted by atomic mass is 32.1. The summed E-state index contributed by atoms with van der Waals surface area (Å²) in [6, 6.07) is -0.515. The van der Waals surface area contributed by atoms with E-state index in [0.29, 0.717) is 0 Å². The van der Waals surface area contributed by atoms with E-state index in [1.165, 1.54) is 11.3 Å². The molecular formula is C10H14N4O4S. The smallest absolute Gasteiger partial charge is 0.322 e. The molecule has 1 aromatic rings. The molecule has 0 aliphatic rings. The number of aliphatic carboxylic acids is 1. The van der Waals surface area contributed by atoms with Gasteiger partial charge < -0.3 is 21.1 Å². The Morgan fingerprint density at radius 3 is 2.58 bits per heavy atom. The molecular weight excluding hydrogens is 272 g/mol. The van der Waals surface area contributed by atoms with Gasteiger partial charge in [0.25, 0.3) is 0 Å². The molecule has 1 aromatic heterocycles. The molecule has 0 saturated carbocycles. The number of thiazole rings is 1. The third-order valence-corrected chi connectivity index (χ3v) is 2.83. The molecule has 9 heteroatoms. The number of hydrogen-bond donors (Lipinski definition) is 4. The zero-order valence-corrected chi connectivity index (χ0v) is 11.0. The second-order valence-electron chi connectivity index (χ2n) is 3.57. The largest absolute Gasteiger partial charge is 0.480 e. The van der Waals surface area contributed by atoms with Crippen molar-refractivity contribution in [1.82, 2.24) is 20.9 Å². The van der Waals surface area contributed by atoms with Crippen molar-refractivity contribution in [3.63, 3.8) is 0 Å². The van der Waals surface area contributed by atoms with Gasteiger partial charge in [-0.05, 0) is 6.92 Å². The Morgan fingerprint density at radius 1 is 1.26 bits per heavy atom. The molecule has 0 aliphatic carbocycles. The number of carboxylic acid groups (broad SMARTS) is 1. The molecule has 0 spiro atoms. The highest BCUT2D eigenvalue weighted by Gasteiger charge is 2.07. The molecule has 1 rings (SSSR count). The van der Waals surface area contributed by atoms with Crippen LogP contribution in [0.15, 0.2) is 6.20 Å². The maximum atomic E-state index is 11.3. The number of nitrogens with one attached hydrogen (secondary N) is 3. The van der Waals surface area contributed by atoms with Gasteiger partial charge in [0.05, 0.1) is 13.1 Å². The number of carboxylic acids is 1. The van der Waals surface area contributed by atoms with E-state index in [2.05, 4.69) is 20.9 Å². The Morgan fingerprint density at radius 2 is 2.00 bits per heavy atom. The number of carbonyl (C=O) groups excluding carboxylic acids is 2. The second kappa shape index (κ2) is 7.31. The van der Waals surface area contributed by atoms with Gasteiger partial charge >= 0.3 is 12.0 Å². The minimum absolute atomic E-state index is 0.279. The number of urea groups is 1. The summed E-state index contributed by atoms with van der Waals surface area (Å²) in [7, 11) is 0. The Hall–Kier alpha value is -2.16. The summed E-state index contributed by atoms with van der Waals surface area (Å²) in [5.74, 6) is -1.71. The van der Waals surface area contributed by atoms with Crippen LogP contribution in [0.3, 0.4) is 0 Å². The predicted molar refractivity (Wildman–Crippen MR) is 67.7 cm³/mol. The quantitative estimate of drug-likeness (QED) is 0.559. The molecule has 0 saturated heterocycles. The molecule has 8 nitrogen and oxygen atoms in total. The van der Waals surface area contributed by atoms with Crippen molar-refractivity contribution in [1.29, 1.82) is 0 Å². The number of rotatable bonds is 6. The zero-order valence-electron chi connectivity index (χ0n) is 10.2. The summed E-state index contributed by atoms with van der Waals surface area (Å²) in [6.07, 6.45) is 1.71. The minimum Gasteiger partial charge on any atom is -0.480 e. The van der Waals surface area contributed by atoms with Crippen LogP contribution < -0.4 is 16.0 Å². The van der Waals surface area contributed by atoms with E-state index in [-0.39, 0.29) is 13.1 Å². The highest BCUT2D eigenvalue weighted by Crippen LogP contribution is 2.10. The van der Waals surface area contributed by atoms with Crippen molar-refractivity contribution in [2.75, 3.05) is 13.1 Å². The van der Waals surface area contributed by atoms with E-state index in [9.17, 15) is 14.4 Å². The van der Waals surface area contributed by atoms with Crippen molar-refractivity contribution >= 4 is 29.2 Å². The highest BCUT2D eigenvalue weighted by molar-refractivity contribution is 7.11. The van der Waals surface area contributed by atoms with E-state index in [0.717, 1.165) is 9.88 Å². The first kappa shape index (κ1) is 14.9. The fourth-order valence-corrected chi connectivity index (χ4v) is 1.83. The van der Waals surface area contributed by atoms with Crippen molar-refractivity contribution in [3.05, 3.63) is 16.1 Å². The lowest BCUT2D eigenvalue weighted by Gasteiger charge is -2.06. The Bertz CT molecular complexity index is 474. The van der Waals surface area contributed by atoms with Gasteiger partial charge in [-0.2, -0.15) is 0 Å². The first-order chi connectivity index (χ1) is 8.97. The summed E-state index contributed by atoms with van der Waals surface area (Å²) >= 11 is 1.47.